The van der Waals surface area contributed by atoms with Crippen LogP contribution in [0.1, 0.15) is 6.92 Å². The van der Waals surface area contributed by atoms with Gasteiger partial charge in [0.05, 0.1) is 0 Å². The zero-order valence-corrected chi connectivity index (χ0v) is 7.05. The number of hydrogen-bond acceptors (Lipinski definition) is 3. The van der Waals surface area contributed by atoms with Gasteiger partial charge in [0.1, 0.15) is 0 Å². The van der Waals surface area contributed by atoms with Crippen LogP contribution in [-0.2, 0) is 0 Å². The fourth-order valence-electron chi connectivity index (χ4n) is 0. The first-order valence-electron chi connectivity index (χ1n) is 1.47. The molecule has 0 atom stereocenters. The van der Waals surface area contributed by atoms with Crippen LogP contribution in [0.5, 0.6) is 0 Å². The van der Waals surface area contributed by atoms with Gasteiger partial charge in [-0.2, -0.15) is 0 Å². The molecule has 4 heteroatoms. The molecule has 0 heterocycles. The molecule has 0 aromatic heterocycles. The van der Waals surface area contributed by atoms with E-state index in [4.69, 9.17) is 10.2 Å². The quantitative estimate of drug-likeness (QED) is 0.323. The molecule has 3 N–H and O–H groups in total. The molecule has 0 bridgehead atoms. The zero-order chi connectivity index (χ0) is 4.71. The Hall–Kier alpha value is 0.880. The maximum atomic E-state index is 7.57. The van der Waals surface area contributed by atoms with Gasteiger partial charge in [0.2, 0.25) is 0 Å². The third-order valence-corrected chi connectivity index (χ3v) is 0. The van der Waals surface area contributed by atoms with Crippen LogP contribution in [-0.4, -0.2) is 29.4 Å². The summed E-state index contributed by atoms with van der Waals surface area (Å²) in [7, 11) is 1.00. The minimum Gasteiger partial charge on any atom is -0.870 e. The van der Waals surface area contributed by atoms with Crippen molar-refractivity contribution in [2.75, 3.05) is 13.7 Å². The summed E-state index contributed by atoms with van der Waals surface area (Å²) in [5, 5.41) is 14.6. The SMILES string of the molecule is CCO.CO.[Na+].[OH-]. The van der Waals surface area contributed by atoms with E-state index in [1.165, 1.54) is 0 Å². The van der Waals surface area contributed by atoms with Crippen LogP contribution in [0.15, 0.2) is 0 Å². The van der Waals surface area contributed by atoms with Gasteiger partial charge in [-0.1, -0.05) is 0 Å². The van der Waals surface area contributed by atoms with Crippen molar-refractivity contribution >= 4 is 0 Å². The molecule has 3 nitrogen and oxygen atoms in total. The van der Waals surface area contributed by atoms with Gasteiger partial charge >= 0.3 is 29.6 Å². The summed E-state index contributed by atoms with van der Waals surface area (Å²) < 4.78 is 0. The summed E-state index contributed by atoms with van der Waals surface area (Å²) >= 11 is 0. The standard InChI is InChI=1S/C2H6O.CH4O.Na.H2O/c1-2-3;1-2;;/h3H,2H2,1H3;2H,1H3;;1H2/q;;+1;/p-1. The maximum absolute atomic E-state index is 7.57. The number of rotatable bonds is 0. The molecule has 0 unspecified atom stereocenters. The van der Waals surface area contributed by atoms with Crippen molar-refractivity contribution in [3.8, 4) is 0 Å². The molecule has 7 heavy (non-hydrogen) atoms. The van der Waals surface area contributed by atoms with Gasteiger partial charge in [0, 0.05) is 13.7 Å². The predicted molar refractivity (Wildman–Crippen MR) is 22.8 cm³/mol. The van der Waals surface area contributed by atoms with Crippen LogP contribution in [0.25, 0.3) is 0 Å². The van der Waals surface area contributed by atoms with Gasteiger partial charge in [-0.3, -0.25) is 0 Å². The molecule has 0 spiro atoms. The predicted octanol–water partition coefficient (Wildman–Crippen LogP) is -3.57. The normalized spacial score (nSPS) is 3.43. The van der Waals surface area contributed by atoms with Crippen LogP contribution in [0.2, 0.25) is 0 Å². The molecule has 0 saturated heterocycles. The summed E-state index contributed by atoms with van der Waals surface area (Å²) in [4.78, 5) is 0. The number of aliphatic hydroxyl groups excluding tert-OH is 2. The Balaban J connectivity index is -0.0000000105. The Morgan fingerprint density at radius 3 is 1.29 bits per heavy atom. The number of hydrogen-bond donors (Lipinski definition) is 2. The van der Waals surface area contributed by atoms with Gasteiger partial charge in [-0.05, 0) is 6.92 Å². The molecule has 0 amide bonds. The van der Waals surface area contributed by atoms with E-state index in [-0.39, 0.29) is 41.6 Å². The molecule has 0 aromatic rings. The maximum Gasteiger partial charge on any atom is 1.00 e. The second-order valence-corrected chi connectivity index (χ2v) is 0.316. The smallest absolute Gasteiger partial charge is 0.870 e. The molecular weight excluding hydrogens is 107 g/mol. The first kappa shape index (κ1) is 24.8. The zero-order valence-electron chi connectivity index (χ0n) is 5.05. The second kappa shape index (κ2) is 67.3. The van der Waals surface area contributed by atoms with E-state index in [2.05, 4.69) is 0 Å². The minimum atomic E-state index is 0. The molecule has 0 aliphatic carbocycles. The first-order valence-corrected chi connectivity index (χ1v) is 1.47. The molecule has 0 aliphatic heterocycles. The molecule has 0 fully saturated rings. The average Bonchev–Trinajstić information content (AvgIpc) is 1.46. The van der Waals surface area contributed by atoms with Crippen molar-refractivity contribution in [1.82, 2.24) is 0 Å². The Morgan fingerprint density at radius 2 is 1.29 bits per heavy atom. The Labute approximate surface area is 66.0 Å². The van der Waals surface area contributed by atoms with E-state index >= 15 is 0 Å². The first-order chi connectivity index (χ1) is 2.41. The van der Waals surface area contributed by atoms with Crippen molar-refractivity contribution < 1.29 is 45.2 Å². The van der Waals surface area contributed by atoms with Crippen LogP contribution in [0, 0.1) is 0 Å². The topological polar surface area (TPSA) is 70.5 Å². The molecule has 0 aromatic carbocycles. The van der Waals surface area contributed by atoms with E-state index in [9.17, 15) is 0 Å². The summed E-state index contributed by atoms with van der Waals surface area (Å²) in [6.07, 6.45) is 0. The van der Waals surface area contributed by atoms with Crippen molar-refractivity contribution in [3.05, 3.63) is 0 Å². The molecule has 42 valence electrons. The van der Waals surface area contributed by atoms with Crippen LogP contribution >= 0.6 is 0 Å². The van der Waals surface area contributed by atoms with Crippen LogP contribution in [0.4, 0.5) is 0 Å². The molecule has 0 rings (SSSR count). The van der Waals surface area contributed by atoms with Gasteiger partial charge in [-0.15, -0.1) is 0 Å². The van der Waals surface area contributed by atoms with Crippen LogP contribution in [0.3, 0.4) is 0 Å². The average molecular weight is 118 g/mol. The van der Waals surface area contributed by atoms with E-state index in [0.29, 0.717) is 0 Å². The van der Waals surface area contributed by atoms with Crippen LogP contribution < -0.4 is 29.6 Å². The van der Waals surface area contributed by atoms with Gasteiger partial charge < -0.3 is 15.7 Å². The largest absolute Gasteiger partial charge is 1.00 e. The molecule has 0 saturated carbocycles. The van der Waals surface area contributed by atoms with Gasteiger partial charge in [0.15, 0.2) is 0 Å². The Morgan fingerprint density at radius 1 is 1.29 bits per heavy atom. The third-order valence-electron chi connectivity index (χ3n) is 0. The van der Waals surface area contributed by atoms with E-state index in [1.807, 2.05) is 0 Å². The summed E-state index contributed by atoms with van der Waals surface area (Å²) in [6.45, 7) is 1.93. The monoisotopic (exact) mass is 118 g/mol. The van der Waals surface area contributed by atoms with E-state index in [1.54, 1.807) is 6.92 Å². The van der Waals surface area contributed by atoms with Crippen molar-refractivity contribution in [2.45, 2.75) is 6.92 Å². The fraction of sp³-hybridized carbons (Fsp3) is 1.00. The van der Waals surface area contributed by atoms with Gasteiger partial charge in [0.25, 0.3) is 0 Å². The Bertz CT molecular complexity index is 10.1. The molecular formula is C3H11NaO3. The van der Waals surface area contributed by atoms with Crippen molar-refractivity contribution in [3.63, 3.8) is 0 Å². The fourth-order valence-corrected chi connectivity index (χ4v) is 0. The molecule has 0 radical (unpaired) electrons. The van der Waals surface area contributed by atoms with Crippen molar-refractivity contribution in [2.24, 2.45) is 0 Å². The van der Waals surface area contributed by atoms with Gasteiger partial charge in [-0.25, -0.2) is 0 Å². The number of aliphatic hydroxyl groups is 2. The Kier molecular flexibility index (Phi) is 238. The summed E-state index contributed by atoms with van der Waals surface area (Å²) in [5.41, 5.74) is 0. The summed E-state index contributed by atoms with van der Waals surface area (Å²) in [5.74, 6) is 0. The summed E-state index contributed by atoms with van der Waals surface area (Å²) in [6, 6.07) is 0. The van der Waals surface area contributed by atoms with Crippen molar-refractivity contribution in [1.29, 1.82) is 0 Å². The second-order valence-electron chi connectivity index (χ2n) is 0.316. The molecule has 0 aliphatic rings. The third kappa shape index (κ3) is 212. The minimum absolute atomic E-state index is 0. The van der Waals surface area contributed by atoms with E-state index < -0.39 is 0 Å². The van der Waals surface area contributed by atoms with E-state index in [0.717, 1.165) is 7.11 Å².